The van der Waals surface area contributed by atoms with Crippen LogP contribution in [0.5, 0.6) is 5.75 Å². The number of phenols is 1. The van der Waals surface area contributed by atoms with E-state index in [0.29, 0.717) is 66.1 Å². The number of benzene rings is 4. The number of amides is 15. The summed E-state index contributed by atoms with van der Waals surface area (Å²) in [7, 11) is 1.39. The summed E-state index contributed by atoms with van der Waals surface area (Å²) in [4.78, 5) is 263. The number of likely N-dealkylation sites (N-methyl/N-ethyl adjacent to an activating group) is 1. The second-order valence-corrected chi connectivity index (χ2v) is 35.8. The molecular formula is C92H121N23O20S. The number of thioether (sulfide) groups is 1. The second-order valence-electron chi connectivity index (χ2n) is 34.7. The van der Waals surface area contributed by atoms with Gasteiger partial charge in [0.2, 0.25) is 88.6 Å². The Balaban J connectivity index is 0.956. The van der Waals surface area contributed by atoms with Crippen LogP contribution in [0.3, 0.4) is 0 Å². The Morgan fingerprint density at radius 1 is 0.559 bits per heavy atom. The average Bonchev–Trinajstić information content (AvgIpc) is 1.65. The first kappa shape index (κ1) is 103. The number of Topliss-reactive ketones (excluding diaryl/α,β-unsaturated/α-hetero) is 1. The molecule has 11 rings (SSSR count). The van der Waals surface area contributed by atoms with E-state index in [0.717, 1.165) is 32.3 Å². The number of carbonyl (C=O) groups excluding carboxylic acids is 16. The molecule has 0 bridgehead atoms. The maximum Gasteiger partial charge on any atom is 0.303 e. The summed E-state index contributed by atoms with van der Waals surface area (Å²) in [6.45, 7) is 1.56. The van der Waals surface area contributed by atoms with Gasteiger partial charge in [-0.25, -0.2) is 9.67 Å². The number of hydrogen-bond acceptors (Lipinski definition) is 25. The lowest BCUT2D eigenvalue weighted by molar-refractivity contribution is -0.147. The molecule has 3 saturated heterocycles. The minimum absolute atomic E-state index is 0.00298. The van der Waals surface area contributed by atoms with Crippen LogP contribution in [0, 0.1) is 5.92 Å². The Morgan fingerprint density at radius 2 is 1.15 bits per heavy atom. The van der Waals surface area contributed by atoms with Crippen LogP contribution in [-0.4, -0.2) is 295 Å². The first-order valence-corrected chi connectivity index (χ1v) is 47.1. The number of hydrogen-bond donors (Lipinski definition) is 17. The minimum atomic E-state index is -1.77. The quantitative estimate of drug-likeness (QED) is 0.0339. The fourth-order valence-electron chi connectivity index (χ4n) is 17.7. The zero-order valence-corrected chi connectivity index (χ0v) is 77.0. The summed E-state index contributed by atoms with van der Waals surface area (Å²) in [5.41, 5.74) is 19.9. The van der Waals surface area contributed by atoms with Gasteiger partial charge in [0.05, 0.1) is 49.7 Å². The average molecular weight is 1900 g/mol. The van der Waals surface area contributed by atoms with E-state index < -0.39 is 235 Å². The molecule has 7 heterocycles. The van der Waals surface area contributed by atoms with Crippen molar-refractivity contribution >= 4 is 134 Å². The highest BCUT2D eigenvalue weighted by Gasteiger charge is 2.46. The third-order valence-electron chi connectivity index (χ3n) is 24.9. The van der Waals surface area contributed by atoms with Gasteiger partial charge in [-0.2, -0.15) is 0 Å². The van der Waals surface area contributed by atoms with Crippen LogP contribution in [0.1, 0.15) is 170 Å². The molecule has 730 valence electrons. The number of aliphatic carboxylic acids is 1. The standard InChI is InChI=1S/C92H121N23O20S/c1-4-6-20-70-85(128)101-62(33-34-93)83(126)107-69(82(125)98-47-77(95)120)49-136-50-78(121)100-67(39-52-26-29-59(117)30-27-52)90(133)112-35-13-12-22-71(112)88(131)106-68(44-76(94)119)91(134)114-37-15-24-73(114)87(130)105-66(43-58-46-96-51-99-58)84(127)102-63(31-32-79(122)123)89(132)113-36-14-23-72(113)86(129)103-64(41-56-45-97-61-19-11-10-18-60(56)61)75(118)42-57(48-116)81(124)104-65(40-53-25-28-54-16-8-9-17-55(54)38-53)80-108-109-110-115(80)74(21-7-5-2)92(135)111(70)3/h8-11,16-19,25-30,38,45-46,51,57,62-74,97,116-117H,4-7,12-15,20-24,31-37,39-44,47-50,93H2,1-3H3,(H2,94,119)(H2,95,120)(H,96,99)(H,98,125)(H,100,121)(H,101,128)(H,102,127)(H,103,129)(H,104,124)(H,105,130)(H,106,131)(H,107,126)(H,122,123)/t57-,62-,63-,64-,65-,66-,67-,68-,69-,70-,71-,72-,73-,74-/m0/s1. The number of para-hydroxylation sites is 1. The maximum absolute atomic E-state index is 15.7. The molecule has 0 unspecified atom stereocenters. The Labute approximate surface area is 787 Å². The Bertz CT molecular complexity index is 5440. The lowest BCUT2D eigenvalue weighted by Gasteiger charge is -2.38. The predicted octanol–water partition coefficient (Wildman–Crippen LogP) is -0.625. The van der Waals surface area contributed by atoms with Gasteiger partial charge in [0.25, 0.3) is 0 Å². The van der Waals surface area contributed by atoms with Crippen molar-refractivity contribution in [2.75, 3.05) is 57.9 Å². The summed E-state index contributed by atoms with van der Waals surface area (Å²) in [6.07, 6.45) is 3.28. The number of piperidine rings is 1. The van der Waals surface area contributed by atoms with Crippen LogP contribution in [0.2, 0.25) is 0 Å². The van der Waals surface area contributed by atoms with E-state index in [1.165, 1.54) is 58.3 Å². The van der Waals surface area contributed by atoms with Gasteiger partial charge in [0, 0.05) is 100.0 Å². The second kappa shape index (κ2) is 49.5. The lowest BCUT2D eigenvalue weighted by Crippen LogP contribution is -2.61. The number of ketones is 1. The van der Waals surface area contributed by atoms with E-state index in [2.05, 4.69) is 78.3 Å². The number of carboxylic acid groups (broad SMARTS) is 1. The number of phenolic OH excluding ortho intramolecular Hbond substituents is 1. The molecule has 0 radical (unpaired) electrons. The normalized spacial score (nSPS) is 24.4. The van der Waals surface area contributed by atoms with Gasteiger partial charge in [0.1, 0.15) is 72.2 Å². The Hall–Kier alpha value is -13.8. The molecular weight excluding hydrogens is 1780 g/mol. The van der Waals surface area contributed by atoms with Crippen LogP contribution in [0.4, 0.5) is 0 Å². The lowest BCUT2D eigenvalue weighted by atomic mass is 9.93. The van der Waals surface area contributed by atoms with Crippen LogP contribution < -0.4 is 65.1 Å². The van der Waals surface area contributed by atoms with Gasteiger partial charge in [-0.3, -0.25) is 81.5 Å². The molecule has 14 atom stereocenters. The molecule has 43 nitrogen and oxygen atoms in total. The van der Waals surface area contributed by atoms with Crippen molar-refractivity contribution < 1.29 is 96.8 Å². The van der Waals surface area contributed by atoms with Gasteiger partial charge in [-0.1, -0.05) is 112 Å². The topological polar surface area (TPSA) is 638 Å². The number of carboxylic acids is 1. The van der Waals surface area contributed by atoms with E-state index in [1.54, 1.807) is 30.5 Å². The van der Waals surface area contributed by atoms with Gasteiger partial charge >= 0.3 is 5.97 Å². The molecule has 136 heavy (non-hydrogen) atoms. The number of H-pyrrole nitrogens is 2. The van der Waals surface area contributed by atoms with Crippen molar-refractivity contribution in [3.63, 3.8) is 0 Å². The highest BCUT2D eigenvalue weighted by Crippen LogP contribution is 2.31. The van der Waals surface area contributed by atoms with Crippen LogP contribution >= 0.6 is 11.8 Å². The summed E-state index contributed by atoms with van der Waals surface area (Å²) in [5.74, 6) is -18.4. The Kier molecular flexibility index (Phi) is 37.4. The van der Waals surface area contributed by atoms with Crippen molar-refractivity contribution in [3.8, 4) is 5.75 Å². The first-order valence-electron chi connectivity index (χ1n) is 46.0. The summed E-state index contributed by atoms with van der Waals surface area (Å²) in [6, 6.07) is 6.63. The summed E-state index contributed by atoms with van der Waals surface area (Å²) >= 11 is 0.795. The number of nitrogens with zero attached hydrogens (tertiary/aromatic N) is 9. The molecule has 0 aliphatic carbocycles. The van der Waals surface area contributed by atoms with Crippen molar-refractivity contribution in [1.82, 2.24) is 103 Å². The number of aliphatic hydroxyl groups is 1. The predicted molar refractivity (Wildman–Crippen MR) is 494 cm³/mol. The van der Waals surface area contributed by atoms with Gasteiger partial charge in [0.15, 0.2) is 11.6 Å². The number of fused-ring (bicyclic) bond motifs is 6. The van der Waals surface area contributed by atoms with Gasteiger partial charge in [-0.05, 0) is 133 Å². The van der Waals surface area contributed by atoms with Crippen LogP contribution in [-0.2, 0) is 107 Å². The molecule has 4 aromatic carbocycles. The van der Waals surface area contributed by atoms with Crippen LogP contribution in [0.25, 0.3) is 21.7 Å². The molecule has 4 aliphatic heterocycles. The number of aliphatic hydroxyl groups excluding tert-OH is 1. The van der Waals surface area contributed by atoms with E-state index in [1.807, 2.05) is 56.3 Å². The largest absolute Gasteiger partial charge is 0.508 e. The molecule has 20 N–H and O–H groups in total. The van der Waals surface area contributed by atoms with E-state index >= 15 is 43.2 Å². The molecule has 44 heteroatoms. The first-order chi connectivity index (χ1) is 65.3. The van der Waals surface area contributed by atoms with Crippen molar-refractivity contribution in [2.24, 2.45) is 23.1 Å². The number of primary amides is 2. The molecule has 7 aromatic rings. The fourth-order valence-corrected chi connectivity index (χ4v) is 18.6. The smallest absolute Gasteiger partial charge is 0.303 e. The number of rotatable bonds is 25. The number of tetrazole rings is 1. The van der Waals surface area contributed by atoms with Crippen molar-refractivity contribution in [3.05, 3.63) is 138 Å². The molecule has 3 aromatic heterocycles. The third-order valence-corrected chi connectivity index (χ3v) is 26.0. The highest BCUT2D eigenvalue weighted by molar-refractivity contribution is 8.00. The molecule has 3 fully saturated rings. The number of aromatic amines is 2. The minimum Gasteiger partial charge on any atom is -0.508 e. The summed E-state index contributed by atoms with van der Waals surface area (Å²) in [5, 5.41) is 71.4. The number of aromatic hydroxyl groups is 1. The fraction of sp³-hybridized carbons (Fsp3) is 0.511. The molecule has 0 saturated carbocycles. The molecule has 15 amide bonds. The zero-order valence-electron chi connectivity index (χ0n) is 76.1. The summed E-state index contributed by atoms with van der Waals surface area (Å²) < 4.78 is 1.25. The van der Waals surface area contributed by atoms with E-state index in [-0.39, 0.29) is 120 Å². The Morgan fingerprint density at radius 3 is 1.79 bits per heavy atom. The monoisotopic (exact) mass is 1900 g/mol. The molecule has 0 spiro atoms. The number of nitrogens with one attached hydrogen (secondary N) is 11. The maximum atomic E-state index is 15.7. The van der Waals surface area contributed by atoms with Crippen molar-refractivity contribution in [1.29, 1.82) is 0 Å². The number of imidazole rings is 1. The van der Waals surface area contributed by atoms with Crippen molar-refractivity contribution in [2.45, 2.75) is 234 Å². The van der Waals surface area contributed by atoms with E-state index in [9.17, 15) is 53.7 Å². The van der Waals surface area contributed by atoms with Gasteiger partial charge in [-0.15, -0.1) is 16.9 Å². The molecule has 4 aliphatic rings. The number of nitrogens with two attached hydrogens (primary N) is 3. The highest BCUT2D eigenvalue weighted by atomic mass is 32.2. The zero-order chi connectivity index (χ0) is 97.8. The van der Waals surface area contributed by atoms with Gasteiger partial charge < -0.3 is 110 Å². The van der Waals surface area contributed by atoms with Crippen LogP contribution in [0.15, 0.2) is 110 Å². The number of carbonyl (C=O) groups is 17. The number of aromatic nitrogens is 7. The third kappa shape index (κ3) is 27.5. The van der Waals surface area contributed by atoms with E-state index in [4.69, 9.17) is 17.2 Å². The SMILES string of the molecule is CCCC[C@H]1C(=O)N[C@@H](CCN)C(=O)N[C@H](C(=O)NCC(N)=O)CSCC(=O)N[C@@H](Cc2ccc(O)cc2)C(=O)N2CCCC[C@H]2C(=O)N[C@@H](CC(N)=O)C(=O)N2CCC[C@H]2C(=O)N[C@@H](Cc2cnc[nH]2)C(=O)N[C@@H](CCC(=O)O)C(=O)N2CCC[C@H]2C(=O)N[C@@H](Cc2c[nH]c3ccccc23)C(=O)C[C@@H](CO)C(=O)N[C@@H](Cc2ccc3ccccc3c2)c2nnnn2[C@@H](CCCC)C(=O)N1C. The number of unbranched alkanes of at least 4 members (excludes halogenated alkanes) is 2.